The average molecular weight is 410 g/mol. The number of aromatic nitrogens is 1. The number of methoxy groups -OCH3 is 1. The Kier molecular flexibility index (Phi) is 6.40. The summed E-state index contributed by atoms with van der Waals surface area (Å²) in [5.41, 5.74) is 4.24. The maximum atomic E-state index is 12.2. The van der Waals surface area contributed by atoms with Gasteiger partial charge in [0.15, 0.2) is 0 Å². The molecule has 158 valence electrons. The molecule has 3 rings (SSSR count). The molecule has 2 N–H and O–H groups in total. The minimum atomic E-state index is -0.517. The number of rotatable bonds is 7. The molecule has 0 bridgehead atoms. The number of nitrogens with one attached hydrogen (secondary N) is 1. The minimum absolute atomic E-state index is 0.0951. The molecule has 1 aromatic heterocycles. The molecule has 7 heteroatoms. The van der Waals surface area contributed by atoms with Crippen molar-refractivity contribution in [1.29, 1.82) is 0 Å². The monoisotopic (exact) mass is 410 g/mol. The molecule has 1 aliphatic heterocycles. The largest absolute Gasteiger partial charge is 0.507 e. The smallest absolute Gasteiger partial charge is 0.342 e. The van der Waals surface area contributed by atoms with Gasteiger partial charge in [0.2, 0.25) is 5.91 Å². The van der Waals surface area contributed by atoms with Gasteiger partial charge in [-0.25, -0.2) is 9.78 Å². The maximum absolute atomic E-state index is 12.2. The number of aryl methyl sites for hydroxylation is 1. The summed E-state index contributed by atoms with van der Waals surface area (Å²) >= 11 is 0. The number of cyclic esters (lactones) is 1. The molecule has 2 heterocycles. The number of phenols is 1. The summed E-state index contributed by atoms with van der Waals surface area (Å²) in [4.78, 5) is 28.3. The lowest BCUT2D eigenvalue weighted by atomic mass is 9.94. The second-order valence-electron chi connectivity index (χ2n) is 7.44. The molecule has 1 amide bonds. The number of amides is 1. The standard InChI is InChI=1S/C23H26N2O5/c1-13(6-8-19(26)25-18-11-14(2)9-10-24-18)5-7-16-21(27)20-17(12-30-23(20)28)15(3)22(16)29-4/h5,9-11,27H,6-8,12H2,1-4H3,(H,24,25,26)/b13-5+. The summed E-state index contributed by atoms with van der Waals surface area (Å²) in [7, 11) is 1.54. The lowest BCUT2D eigenvalue weighted by Gasteiger charge is -2.15. The first-order valence-corrected chi connectivity index (χ1v) is 9.78. The number of hydrogen-bond donors (Lipinski definition) is 2. The van der Waals surface area contributed by atoms with E-state index in [1.807, 2.05) is 39.0 Å². The molecule has 2 aromatic rings. The van der Waals surface area contributed by atoms with E-state index in [2.05, 4.69) is 10.3 Å². The van der Waals surface area contributed by atoms with Crippen LogP contribution in [0, 0.1) is 13.8 Å². The number of anilines is 1. The second kappa shape index (κ2) is 8.98. The van der Waals surface area contributed by atoms with Crippen molar-refractivity contribution in [3.63, 3.8) is 0 Å². The van der Waals surface area contributed by atoms with Crippen molar-refractivity contribution in [2.75, 3.05) is 12.4 Å². The van der Waals surface area contributed by atoms with Gasteiger partial charge >= 0.3 is 5.97 Å². The minimum Gasteiger partial charge on any atom is -0.507 e. The Labute approximate surface area is 175 Å². The van der Waals surface area contributed by atoms with Crippen LogP contribution in [0.2, 0.25) is 0 Å². The van der Waals surface area contributed by atoms with Crippen LogP contribution in [0.5, 0.6) is 11.5 Å². The van der Waals surface area contributed by atoms with Crippen molar-refractivity contribution in [1.82, 2.24) is 4.98 Å². The van der Waals surface area contributed by atoms with E-state index in [-0.39, 0.29) is 23.8 Å². The number of fused-ring (bicyclic) bond motifs is 1. The summed E-state index contributed by atoms with van der Waals surface area (Å²) in [6, 6.07) is 3.68. The zero-order valence-electron chi connectivity index (χ0n) is 17.7. The fourth-order valence-electron chi connectivity index (χ4n) is 3.53. The van der Waals surface area contributed by atoms with Gasteiger partial charge < -0.3 is 19.9 Å². The zero-order chi connectivity index (χ0) is 21.8. The predicted molar refractivity (Wildman–Crippen MR) is 113 cm³/mol. The van der Waals surface area contributed by atoms with Crippen LogP contribution in [0.25, 0.3) is 0 Å². The fraction of sp³-hybridized carbons (Fsp3) is 0.348. The number of carbonyl (C=O) groups is 2. The number of ether oxygens (including phenoxy) is 2. The van der Waals surface area contributed by atoms with Crippen LogP contribution in [-0.4, -0.2) is 29.1 Å². The third kappa shape index (κ3) is 4.45. The topological polar surface area (TPSA) is 97.8 Å². The molecule has 0 spiro atoms. The maximum Gasteiger partial charge on any atom is 0.342 e. The van der Waals surface area contributed by atoms with Crippen LogP contribution in [-0.2, 0) is 22.6 Å². The van der Waals surface area contributed by atoms with Gasteiger partial charge in [-0.05, 0) is 56.9 Å². The van der Waals surface area contributed by atoms with Gasteiger partial charge in [-0.1, -0.05) is 11.6 Å². The third-order valence-corrected chi connectivity index (χ3v) is 5.23. The first-order valence-electron chi connectivity index (χ1n) is 9.78. The number of phenolic OH excluding ortho intramolecular Hbond substituents is 1. The molecule has 7 nitrogen and oxygen atoms in total. The van der Waals surface area contributed by atoms with Crippen molar-refractivity contribution in [3.8, 4) is 11.5 Å². The molecule has 1 aliphatic rings. The Morgan fingerprint density at radius 2 is 2.13 bits per heavy atom. The highest BCUT2D eigenvalue weighted by atomic mass is 16.5. The van der Waals surface area contributed by atoms with Crippen LogP contribution >= 0.6 is 0 Å². The molecular weight excluding hydrogens is 384 g/mol. The van der Waals surface area contributed by atoms with Crippen LogP contribution in [0.1, 0.15) is 52.4 Å². The summed E-state index contributed by atoms with van der Waals surface area (Å²) < 4.78 is 10.6. The highest BCUT2D eigenvalue weighted by Crippen LogP contribution is 2.42. The van der Waals surface area contributed by atoms with Crippen LogP contribution < -0.4 is 10.1 Å². The number of benzene rings is 1. The van der Waals surface area contributed by atoms with Crippen LogP contribution in [0.3, 0.4) is 0 Å². The van der Waals surface area contributed by atoms with E-state index in [1.165, 1.54) is 7.11 Å². The van der Waals surface area contributed by atoms with Crippen molar-refractivity contribution in [2.24, 2.45) is 0 Å². The number of pyridine rings is 1. The van der Waals surface area contributed by atoms with E-state index in [0.717, 1.165) is 16.7 Å². The van der Waals surface area contributed by atoms with Gasteiger partial charge in [0.1, 0.15) is 29.5 Å². The molecule has 30 heavy (non-hydrogen) atoms. The van der Waals surface area contributed by atoms with E-state index in [9.17, 15) is 14.7 Å². The van der Waals surface area contributed by atoms with Gasteiger partial charge in [-0.3, -0.25) is 4.79 Å². The average Bonchev–Trinajstić information content (AvgIpc) is 3.10. The Morgan fingerprint density at radius 3 is 2.83 bits per heavy atom. The molecular formula is C23H26N2O5. The molecule has 0 saturated heterocycles. The van der Waals surface area contributed by atoms with Crippen molar-refractivity contribution in [2.45, 2.75) is 46.6 Å². The quantitative estimate of drug-likeness (QED) is 0.529. The summed E-state index contributed by atoms with van der Waals surface area (Å²) in [6.45, 7) is 5.86. The molecule has 1 aromatic carbocycles. The van der Waals surface area contributed by atoms with E-state index < -0.39 is 5.97 Å². The Hall–Kier alpha value is -3.35. The van der Waals surface area contributed by atoms with Gasteiger partial charge in [0.25, 0.3) is 0 Å². The Balaban J connectivity index is 1.68. The predicted octanol–water partition coefficient (Wildman–Crippen LogP) is 3.99. The number of hydrogen-bond acceptors (Lipinski definition) is 6. The highest BCUT2D eigenvalue weighted by Gasteiger charge is 2.31. The second-order valence-corrected chi connectivity index (χ2v) is 7.44. The number of nitrogens with zero attached hydrogens (tertiary/aromatic N) is 1. The van der Waals surface area contributed by atoms with Crippen LogP contribution in [0.15, 0.2) is 30.0 Å². The zero-order valence-corrected chi connectivity index (χ0v) is 17.7. The highest BCUT2D eigenvalue weighted by molar-refractivity contribution is 5.98. The lowest BCUT2D eigenvalue weighted by Crippen LogP contribution is -2.12. The first kappa shape index (κ1) is 21.4. The molecule has 0 radical (unpaired) electrons. The molecule has 0 aliphatic carbocycles. The Morgan fingerprint density at radius 1 is 1.37 bits per heavy atom. The van der Waals surface area contributed by atoms with E-state index in [4.69, 9.17) is 9.47 Å². The van der Waals surface area contributed by atoms with Gasteiger partial charge in [0, 0.05) is 23.7 Å². The first-order chi connectivity index (χ1) is 14.3. The van der Waals surface area contributed by atoms with E-state index in [1.54, 1.807) is 6.20 Å². The van der Waals surface area contributed by atoms with Crippen molar-refractivity contribution >= 4 is 17.7 Å². The number of carbonyl (C=O) groups excluding carboxylic acids is 2. The summed E-state index contributed by atoms with van der Waals surface area (Å²) in [6.07, 6.45) is 4.85. The summed E-state index contributed by atoms with van der Waals surface area (Å²) in [5.74, 6) is 0.366. The van der Waals surface area contributed by atoms with Gasteiger partial charge in [0.05, 0.1) is 7.11 Å². The molecule has 0 atom stereocenters. The van der Waals surface area contributed by atoms with E-state index in [0.29, 0.717) is 42.0 Å². The SMILES string of the molecule is COc1c(C)c2c(c(O)c1C/C=C(\C)CCC(=O)Nc1cc(C)ccn1)C(=O)OC2. The molecule has 0 fully saturated rings. The van der Waals surface area contributed by atoms with Gasteiger partial charge in [-0.15, -0.1) is 0 Å². The molecule has 0 saturated carbocycles. The normalized spacial score (nSPS) is 13.1. The third-order valence-electron chi connectivity index (χ3n) is 5.23. The number of esters is 1. The van der Waals surface area contributed by atoms with Crippen LogP contribution in [0.4, 0.5) is 5.82 Å². The fourth-order valence-corrected chi connectivity index (χ4v) is 3.53. The van der Waals surface area contributed by atoms with E-state index >= 15 is 0 Å². The summed E-state index contributed by atoms with van der Waals surface area (Å²) in [5, 5.41) is 13.4. The Bertz CT molecular complexity index is 1030. The molecule has 0 unspecified atom stereocenters. The van der Waals surface area contributed by atoms with Gasteiger partial charge in [-0.2, -0.15) is 0 Å². The number of aromatic hydroxyl groups is 1. The van der Waals surface area contributed by atoms with Crippen molar-refractivity contribution in [3.05, 3.63) is 57.8 Å². The lowest BCUT2D eigenvalue weighted by molar-refractivity contribution is -0.116. The van der Waals surface area contributed by atoms with Crippen molar-refractivity contribution < 1.29 is 24.2 Å². The number of allylic oxidation sites excluding steroid dienone is 2.